The minimum absolute atomic E-state index is 0.115. The lowest BCUT2D eigenvalue weighted by Crippen LogP contribution is -2.21. The molecule has 0 fully saturated rings. The van der Waals surface area contributed by atoms with Crippen LogP contribution >= 0.6 is 0 Å². The van der Waals surface area contributed by atoms with Crippen molar-refractivity contribution in [1.29, 1.82) is 0 Å². The van der Waals surface area contributed by atoms with Crippen LogP contribution in [-0.2, 0) is 0 Å². The highest BCUT2D eigenvalue weighted by Crippen LogP contribution is 2.30. The third kappa shape index (κ3) is 2.61. The number of hydrogen-bond acceptors (Lipinski definition) is 1. The monoisotopic (exact) mass is 271 g/mol. The van der Waals surface area contributed by atoms with Crippen LogP contribution in [-0.4, -0.2) is 7.05 Å². The Bertz CT molecular complexity index is 608. The third-order valence-electron chi connectivity index (χ3n) is 4.02. The van der Waals surface area contributed by atoms with Gasteiger partial charge in [-0.1, -0.05) is 24.3 Å². The molecule has 1 atom stereocenters. The molecule has 0 spiro atoms. The zero-order valence-corrected chi connectivity index (χ0v) is 12.8. The van der Waals surface area contributed by atoms with Crippen molar-refractivity contribution >= 4 is 0 Å². The molecule has 0 aliphatic rings. The van der Waals surface area contributed by atoms with Gasteiger partial charge in [-0.2, -0.15) is 0 Å². The summed E-state index contributed by atoms with van der Waals surface area (Å²) in [5.41, 5.74) is 6.27. The first-order chi connectivity index (χ1) is 9.45. The number of aryl methyl sites for hydroxylation is 3. The number of nitrogens with one attached hydrogen (secondary N) is 1. The Morgan fingerprint density at radius 3 is 2.30 bits per heavy atom. The maximum Gasteiger partial charge on any atom is 0.128 e. The largest absolute Gasteiger partial charge is 0.309 e. The second-order valence-electron chi connectivity index (χ2n) is 5.49. The molecule has 20 heavy (non-hydrogen) atoms. The van der Waals surface area contributed by atoms with Crippen molar-refractivity contribution in [3.05, 3.63) is 69.5 Å². The van der Waals surface area contributed by atoms with E-state index in [0.29, 0.717) is 0 Å². The van der Waals surface area contributed by atoms with Gasteiger partial charge in [-0.3, -0.25) is 0 Å². The Morgan fingerprint density at radius 1 is 1.00 bits per heavy atom. The van der Waals surface area contributed by atoms with Crippen molar-refractivity contribution in [1.82, 2.24) is 5.32 Å². The second-order valence-corrected chi connectivity index (χ2v) is 5.49. The molecule has 1 unspecified atom stereocenters. The first-order valence-corrected chi connectivity index (χ1v) is 6.95. The van der Waals surface area contributed by atoms with Gasteiger partial charge in [-0.25, -0.2) is 4.39 Å². The van der Waals surface area contributed by atoms with Gasteiger partial charge >= 0.3 is 0 Å². The Hall–Kier alpha value is -1.67. The number of hydrogen-bond donors (Lipinski definition) is 1. The second kappa shape index (κ2) is 5.76. The van der Waals surface area contributed by atoms with Gasteiger partial charge in [-0.05, 0) is 68.6 Å². The van der Waals surface area contributed by atoms with E-state index in [-0.39, 0.29) is 11.9 Å². The molecule has 0 aromatic heterocycles. The molecule has 0 aliphatic carbocycles. The molecular weight excluding hydrogens is 249 g/mol. The minimum atomic E-state index is -0.136. The molecule has 0 amide bonds. The van der Waals surface area contributed by atoms with E-state index in [1.54, 1.807) is 6.07 Å². The molecule has 0 saturated heterocycles. The summed E-state index contributed by atoms with van der Waals surface area (Å²) in [5, 5.41) is 3.26. The highest BCUT2D eigenvalue weighted by Gasteiger charge is 2.20. The average Bonchev–Trinajstić information content (AvgIpc) is 2.37. The third-order valence-corrected chi connectivity index (χ3v) is 4.02. The van der Waals surface area contributed by atoms with Crippen LogP contribution in [0.25, 0.3) is 0 Å². The highest BCUT2D eigenvalue weighted by atomic mass is 19.1. The summed E-state index contributed by atoms with van der Waals surface area (Å²) in [5.74, 6) is -0.136. The van der Waals surface area contributed by atoms with E-state index in [2.05, 4.69) is 31.3 Å². The van der Waals surface area contributed by atoms with Gasteiger partial charge in [0, 0.05) is 5.56 Å². The van der Waals surface area contributed by atoms with Crippen LogP contribution in [0.1, 0.15) is 39.4 Å². The SMILES string of the molecule is CNC(c1cccc(C)c1C)c1c(C)cc(C)cc1F. The standard InChI is InChI=1S/C18H22FN/c1-11-9-13(3)17(16(19)10-11)18(20-5)15-8-6-7-12(2)14(15)4/h6-10,18,20H,1-5H3. The van der Waals surface area contributed by atoms with Gasteiger partial charge in [-0.15, -0.1) is 0 Å². The summed E-state index contributed by atoms with van der Waals surface area (Å²) in [7, 11) is 1.88. The Morgan fingerprint density at radius 2 is 1.70 bits per heavy atom. The Kier molecular flexibility index (Phi) is 4.24. The minimum Gasteiger partial charge on any atom is -0.309 e. The normalized spacial score (nSPS) is 12.5. The van der Waals surface area contributed by atoms with Crippen molar-refractivity contribution < 1.29 is 4.39 Å². The van der Waals surface area contributed by atoms with E-state index in [1.807, 2.05) is 33.0 Å². The maximum absolute atomic E-state index is 14.4. The fourth-order valence-corrected chi connectivity index (χ4v) is 2.83. The molecule has 1 N–H and O–H groups in total. The zero-order chi connectivity index (χ0) is 14.9. The summed E-state index contributed by atoms with van der Waals surface area (Å²) in [4.78, 5) is 0. The highest BCUT2D eigenvalue weighted by molar-refractivity contribution is 5.44. The molecular formula is C18H22FN. The van der Waals surface area contributed by atoms with Crippen LogP contribution in [0.15, 0.2) is 30.3 Å². The van der Waals surface area contributed by atoms with Gasteiger partial charge in [0.05, 0.1) is 6.04 Å². The zero-order valence-electron chi connectivity index (χ0n) is 12.8. The first-order valence-electron chi connectivity index (χ1n) is 6.95. The van der Waals surface area contributed by atoms with E-state index in [1.165, 1.54) is 11.1 Å². The fourth-order valence-electron chi connectivity index (χ4n) is 2.83. The molecule has 0 heterocycles. The molecule has 2 aromatic rings. The van der Waals surface area contributed by atoms with E-state index in [9.17, 15) is 4.39 Å². The molecule has 0 radical (unpaired) electrons. The van der Waals surface area contributed by atoms with Crippen LogP contribution in [0.4, 0.5) is 4.39 Å². The smallest absolute Gasteiger partial charge is 0.128 e. The molecule has 0 saturated carbocycles. The maximum atomic E-state index is 14.4. The van der Waals surface area contributed by atoms with Crippen LogP contribution in [0.2, 0.25) is 0 Å². The van der Waals surface area contributed by atoms with Gasteiger partial charge in [0.1, 0.15) is 5.82 Å². The summed E-state index contributed by atoms with van der Waals surface area (Å²) < 4.78 is 14.4. The Labute approximate surface area is 120 Å². The van der Waals surface area contributed by atoms with Crippen LogP contribution in [0.3, 0.4) is 0 Å². The molecule has 106 valence electrons. The summed E-state index contributed by atoms with van der Waals surface area (Å²) in [6, 6.07) is 9.72. The lowest BCUT2D eigenvalue weighted by atomic mass is 9.89. The fraction of sp³-hybridized carbons (Fsp3) is 0.333. The van der Waals surface area contributed by atoms with Gasteiger partial charge in [0.25, 0.3) is 0 Å². The van der Waals surface area contributed by atoms with Gasteiger partial charge in [0.15, 0.2) is 0 Å². The van der Waals surface area contributed by atoms with Crippen molar-refractivity contribution in [2.75, 3.05) is 7.05 Å². The summed E-state index contributed by atoms with van der Waals surface area (Å²) in [6.07, 6.45) is 0. The predicted octanol–water partition coefficient (Wildman–Crippen LogP) is 4.37. The number of benzene rings is 2. The quantitative estimate of drug-likeness (QED) is 0.874. The molecule has 0 aliphatic heterocycles. The molecule has 0 bridgehead atoms. The number of rotatable bonds is 3. The van der Waals surface area contributed by atoms with Crippen LogP contribution in [0.5, 0.6) is 0 Å². The van der Waals surface area contributed by atoms with E-state index in [0.717, 1.165) is 22.3 Å². The van der Waals surface area contributed by atoms with E-state index >= 15 is 0 Å². The van der Waals surface area contributed by atoms with Gasteiger partial charge in [0.2, 0.25) is 0 Å². The molecule has 2 heteroatoms. The first kappa shape index (κ1) is 14.7. The predicted molar refractivity (Wildman–Crippen MR) is 82.7 cm³/mol. The van der Waals surface area contributed by atoms with Crippen molar-refractivity contribution in [2.45, 2.75) is 33.7 Å². The van der Waals surface area contributed by atoms with E-state index < -0.39 is 0 Å². The molecule has 2 aromatic carbocycles. The van der Waals surface area contributed by atoms with Crippen LogP contribution < -0.4 is 5.32 Å². The summed E-state index contributed by atoms with van der Waals surface area (Å²) >= 11 is 0. The van der Waals surface area contributed by atoms with Crippen molar-refractivity contribution in [2.24, 2.45) is 0 Å². The van der Waals surface area contributed by atoms with Gasteiger partial charge < -0.3 is 5.32 Å². The van der Waals surface area contributed by atoms with Crippen LogP contribution in [0, 0.1) is 33.5 Å². The van der Waals surface area contributed by atoms with Crippen molar-refractivity contribution in [3.63, 3.8) is 0 Å². The molecule has 2 rings (SSSR count). The lowest BCUT2D eigenvalue weighted by Gasteiger charge is -2.23. The topological polar surface area (TPSA) is 12.0 Å². The number of halogens is 1. The summed E-state index contributed by atoms with van der Waals surface area (Å²) in [6.45, 7) is 8.08. The Balaban J connectivity index is 2.62. The van der Waals surface area contributed by atoms with E-state index in [4.69, 9.17) is 0 Å². The van der Waals surface area contributed by atoms with Crippen molar-refractivity contribution in [3.8, 4) is 0 Å². The average molecular weight is 271 g/mol. The lowest BCUT2D eigenvalue weighted by molar-refractivity contribution is 0.571. The molecule has 1 nitrogen and oxygen atoms in total.